The minimum Gasteiger partial charge on any atom is -0.393 e. The molecule has 1 N–H and O–H groups in total. The molecule has 0 spiro atoms. The number of fused-ring (bicyclic) bond motifs is 2. The van der Waals surface area contributed by atoms with Gasteiger partial charge in [-0.05, 0) is 59.4 Å². The van der Waals surface area contributed by atoms with Crippen LogP contribution in [0.3, 0.4) is 0 Å². The molecule has 1 nitrogen and oxygen atoms in total. The van der Waals surface area contributed by atoms with Gasteiger partial charge in [-0.25, -0.2) is 0 Å². The fraction of sp³-hybridized carbons (Fsp3) is 0.444. The highest BCUT2D eigenvalue weighted by Crippen LogP contribution is 2.45. The maximum atomic E-state index is 10.4. The van der Waals surface area contributed by atoms with Gasteiger partial charge in [-0.15, -0.1) is 0 Å². The second-order valence-electron chi connectivity index (χ2n) is 6.17. The molecule has 2 aromatic rings. The second kappa shape index (κ2) is 4.35. The number of aliphatic hydroxyl groups is 1. The molecule has 0 saturated heterocycles. The van der Waals surface area contributed by atoms with Gasteiger partial charge in [0.2, 0.25) is 0 Å². The number of rotatable bonds is 0. The Morgan fingerprint density at radius 2 is 1.79 bits per heavy atom. The van der Waals surface area contributed by atoms with E-state index < -0.39 is 0 Å². The Hall–Kier alpha value is -1.34. The zero-order valence-corrected chi connectivity index (χ0v) is 11.2. The summed E-state index contributed by atoms with van der Waals surface area (Å²) in [4.78, 5) is 0. The van der Waals surface area contributed by atoms with Crippen molar-refractivity contribution in [2.45, 2.75) is 44.1 Å². The van der Waals surface area contributed by atoms with Crippen LogP contribution in [0.4, 0.5) is 0 Å². The SMILES string of the molecule is OC1CCCC2c3cccc4cccc(c34)CCC12. The molecule has 0 radical (unpaired) electrons. The fourth-order valence-corrected chi connectivity index (χ4v) is 4.31. The zero-order valence-electron chi connectivity index (χ0n) is 11.2. The normalized spacial score (nSPS) is 29.8. The van der Waals surface area contributed by atoms with Crippen molar-refractivity contribution >= 4 is 10.8 Å². The van der Waals surface area contributed by atoms with Crippen LogP contribution in [-0.4, -0.2) is 11.2 Å². The molecule has 1 fully saturated rings. The maximum Gasteiger partial charge on any atom is 0.0574 e. The summed E-state index contributed by atoms with van der Waals surface area (Å²) in [7, 11) is 0. The molecular weight excluding hydrogens is 232 g/mol. The molecule has 1 saturated carbocycles. The molecular formula is C18H20O. The molecule has 3 unspecified atom stereocenters. The van der Waals surface area contributed by atoms with E-state index in [9.17, 15) is 5.11 Å². The summed E-state index contributed by atoms with van der Waals surface area (Å²) in [6.07, 6.45) is 5.57. The first-order valence-electron chi connectivity index (χ1n) is 7.53. The molecule has 2 aliphatic rings. The third-order valence-corrected chi connectivity index (χ3v) is 5.20. The smallest absolute Gasteiger partial charge is 0.0574 e. The Labute approximate surface area is 114 Å². The molecule has 0 aliphatic heterocycles. The van der Waals surface area contributed by atoms with E-state index in [1.165, 1.54) is 34.7 Å². The van der Waals surface area contributed by atoms with Crippen LogP contribution in [0.5, 0.6) is 0 Å². The highest BCUT2D eigenvalue weighted by Gasteiger charge is 2.35. The van der Waals surface area contributed by atoms with Crippen LogP contribution in [0.1, 0.15) is 42.7 Å². The molecule has 4 rings (SSSR count). The minimum absolute atomic E-state index is 0.0941. The van der Waals surface area contributed by atoms with E-state index in [0.29, 0.717) is 11.8 Å². The topological polar surface area (TPSA) is 20.2 Å². The quantitative estimate of drug-likeness (QED) is 0.750. The summed E-state index contributed by atoms with van der Waals surface area (Å²) in [6, 6.07) is 13.4. The highest BCUT2D eigenvalue weighted by molar-refractivity contribution is 5.89. The molecule has 98 valence electrons. The Morgan fingerprint density at radius 3 is 2.68 bits per heavy atom. The van der Waals surface area contributed by atoms with E-state index in [1.807, 2.05) is 0 Å². The molecule has 2 aromatic carbocycles. The lowest BCUT2D eigenvalue weighted by Gasteiger charge is -2.35. The van der Waals surface area contributed by atoms with Gasteiger partial charge in [0.05, 0.1) is 6.10 Å². The third kappa shape index (κ3) is 1.72. The Kier molecular flexibility index (Phi) is 2.63. The van der Waals surface area contributed by atoms with E-state index in [0.717, 1.165) is 19.3 Å². The van der Waals surface area contributed by atoms with Gasteiger partial charge in [0.25, 0.3) is 0 Å². The number of aryl methyl sites for hydroxylation is 1. The lowest BCUT2D eigenvalue weighted by atomic mass is 9.72. The van der Waals surface area contributed by atoms with Crippen molar-refractivity contribution in [2.24, 2.45) is 5.92 Å². The fourth-order valence-electron chi connectivity index (χ4n) is 4.31. The first kappa shape index (κ1) is 11.5. The first-order chi connectivity index (χ1) is 9.34. The summed E-state index contributed by atoms with van der Waals surface area (Å²) in [5.41, 5.74) is 2.98. The van der Waals surface area contributed by atoms with E-state index in [-0.39, 0.29) is 6.10 Å². The second-order valence-corrected chi connectivity index (χ2v) is 6.17. The summed E-state index contributed by atoms with van der Waals surface area (Å²) in [6.45, 7) is 0. The standard InChI is InChI=1S/C18H20O/c19-17-9-3-7-14-15(17)11-10-13-5-1-4-12-6-2-8-16(14)18(12)13/h1-2,4-6,8,14-15,17,19H,3,7,9-11H2. The summed E-state index contributed by atoms with van der Waals surface area (Å²) in [5, 5.41) is 13.2. The van der Waals surface area contributed by atoms with E-state index in [2.05, 4.69) is 36.4 Å². The van der Waals surface area contributed by atoms with Crippen molar-refractivity contribution in [3.8, 4) is 0 Å². The number of hydrogen-bond acceptors (Lipinski definition) is 1. The van der Waals surface area contributed by atoms with Gasteiger partial charge in [0.15, 0.2) is 0 Å². The van der Waals surface area contributed by atoms with Crippen LogP contribution in [0, 0.1) is 5.92 Å². The molecule has 3 atom stereocenters. The van der Waals surface area contributed by atoms with E-state index >= 15 is 0 Å². The lowest BCUT2D eigenvalue weighted by molar-refractivity contribution is 0.0523. The van der Waals surface area contributed by atoms with Gasteiger partial charge in [-0.1, -0.05) is 42.8 Å². The van der Waals surface area contributed by atoms with Crippen LogP contribution in [0.25, 0.3) is 10.8 Å². The van der Waals surface area contributed by atoms with E-state index in [4.69, 9.17) is 0 Å². The van der Waals surface area contributed by atoms with Gasteiger partial charge in [-0.3, -0.25) is 0 Å². The third-order valence-electron chi connectivity index (χ3n) is 5.20. The molecule has 0 aromatic heterocycles. The van der Waals surface area contributed by atoms with Gasteiger partial charge >= 0.3 is 0 Å². The predicted molar refractivity (Wildman–Crippen MR) is 78.4 cm³/mol. The van der Waals surface area contributed by atoms with Crippen LogP contribution < -0.4 is 0 Å². The van der Waals surface area contributed by atoms with Crippen LogP contribution >= 0.6 is 0 Å². The average Bonchev–Trinajstić information content (AvgIpc) is 2.60. The molecule has 0 amide bonds. The van der Waals surface area contributed by atoms with Crippen LogP contribution in [0.2, 0.25) is 0 Å². The number of benzene rings is 2. The van der Waals surface area contributed by atoms with Gasteiger partial charge < -0.3 is 5.11 Å². The van der Waals surface area contributed by atoms with E-state index in [1.54, 1.807) is 0 Å². The summed E-state index contributed by atoms with van der Waals surface area (Å²) < 4.78 is 0. The molecule has 0 bridgehead atoms. The Balaban J connectivity index is 1.96. The van der Waals surface area contributed by atoms with Crippen molar-refractivity contribution in [3.63, 3.8) is 0 Å². The van der Waals surface area contributed by atoms with Crippen LogP contribution in [0.15, 0.2) is 36.4 Å². The van der Waals surface area contributed by atoms with Gasteiger partial charge in [-0.2, -0.15) is 0 Å². The highest BCUT2D eigenvalue weighted by atomic mass is 16.3. The minimum atomic E-state index is -0.0941. The van der Waals surface area contributed by atoms with Crippen LogP contribution in [-0.2, 0) is 6.42 Å². The van der Waals surface area contributed by atoms with Crippen molar-refractivity contribution in [1.29, 1.82) is 0 Å². The largest absolute Gasteiger partial charge is 0.393 e. The average molecular weight is 252 g/mol. The number of hydrogen-bond donors (Lipinski definition) is 1. The first-order valence-corrected chi connectivity index (χ1v) is 7.53. The Morgan fingerprint density at radius 1 is 0.947 bits per heavy atom. The van der Waals surface area contributed by atoms with Crippen molar-refractivity contribution in [1.82, 2.24) is 0 Å². The molecule has 1 heteroatoms. The zero-order chi connectivity index (χ0) is 12.8. The maximum absolute atomic E-state index is 10.4. The van der Waals surface area contributed by atoms with Gasteiger partial charge in [0.1, 0.15) is 0 Å². The summed E-state index contributed by atoms with van der Waals surface area (Å²) in [5.74, 6) is 1.03. The lowest BCUT2D eigenvalue weighted by Crippen LogP contribution is -2.30. The Bertz CT molecular complexity index is 611. The predicted octanol–water partition coefficient (Wildman–Crippen LogP) is 4.03. The van der Waals surface area contributed by atoms with Crippen molar-refractivity contribution < 1.29 is 5.11 Å². The van der Waals surface area contributed by atoms with Crippen molar-refractivity contribution in [3.05, 3.63) is 47.5 Å². The molecule has 2 aliphatic carbocycles. The number of aliphatic hydroxyl groups excluding tert-OH is 1. The monoisotopic (exact) mass is 252 g/mol. The summed E-state index contributed by atoms with van der Waals surface area (Å²) >= 11 is 0. The molecule has 0 heterocycles. The van der Waals surface area contributed by atoms with Crippen molar-refractivity contribution in [2.75, 3.05) is 0 Å². The molecule has 19 heavy (non-hydrogen) atoms. The van der Waals surface area contributed by atoms with Gasteiger partial charge in [0, 0.05) is 0 Å².